The molecule has 3 aliphatic rings. The molecule has 6 nitrogen and oxygen atoms in total. The summed E-state index contributed by atoms with van der Waals surface area (Å²) < 4.78 is 0. The lowest BCUT2D eigenvalue weighted by molar-refractivity contribution is -0.384. The fourth-order valence-electron chi connectivity index (χ4n) is 5.35. The Bertz CT molecular complexity index is 1040. The summed E-state index contributed by atoms with van der Waals surface area (Å²) in [4.78, 5) is 26.1. The minimum Gasteiger partial charge on any atom is -0.378 e. The minimum absolute atomic E-state index is 0.000409. The third-order valence-corrected chi connectivity index (χ3v) is 6.94. The Balaban J connectivity index is 1.46. The number of amides is 1. The number of allylic oxidation sites excluding steroid dienone is 2. The zero-order valence-corrected chi connectivity index (χ0v) is 17.5. The number of hydrogen-bond acceptors (Lipinski definition) is 4. The molecule has 0 aromatic heterocycles. The van der Waals surface area contributed by atoms with Gasteiger partial charge in [0.15, 0.2) is 0 Å². The molecule has 0 radical (unpaired) electrons. The Morgan fingerprint density at radius 1 is 1.06 bits per heavy atom. The number of nitro groups is 1. The topological polar surface area (TPSA) is 75.5 Å². The molecule has 31 heavy (non-hydrogen) atoms. The van der Waals surface area contributed by atoms with E-state index >= 15 is 0 Å². The number of nitrogens with one attached hydrogen (secondary N) is 1. The van der Waals surface area contributed by atoms with Gasteiger partial charge in [0.05, 0.1) is 11.0 Å². The second kappa shape index (κ2) is 8.17. The number of benzene rings is 2. The van der Waals surface area contributed by atoms with Crippen LogP contribution in [0.5, 0.6) is 0 Å². The molecule has 3 atom stereocenters. The lowest BCUT2D eigenvalue weighted by atomic mass is 9.76. The van der Waals surface area contributed by atoms with Gasteiger partial charge in [0.2, 0.25) is 0 Å². The Morgan fingerprint density at radius 3 is 2.65 bits per heavy atom. The number of rotatable bonds is 3. The van der Waals surface area contributed by atoms with Crippen molar-refractivity contribution in [2.75, 3.05) is 18.4 Å². The van der Waals surface area contributed by atoms with Crippen LogP contribution in [0, 0.1) is 16.0 Å². The van der Waals surface area contributed by atoms with Crippen LogP contribution >= 0.6 is 0 Å². The zero-order valence-electron chi connectivity index (χ0n) is 17.5. The highest BCUT2D eigenvalue weighted by Crippen LogP contribution is 2.50. The van der Waals surface area contributed by atoms with Gasteiger partial charge in [0, 0.05) is 42.4 Å². The highest BCUT2D eigenvalue weighted by atomic mass is 16.6. The molecule has 160 valence electrons. The Kier molecular flexibility index (Phi) is 5.22. The maximum atomic E-state index is 13.1. The predicted molar refractivity (Wildman–Crippen MR) is 120 cm³/mol. The van der Waals surface area contributed by atoms with Crippen LogP contribution in [-0.4, -0.2) is 28.8 Å². The van der Waals surface area contributed by atoms with Crippen LogP contribution in [0.4, 0.5) is 11.4 Å². The summed E-state index contributed by atoms with van der Waals surface area (Å²) in [5.74, 6) is 0.611. The van der Waals surface area contributed by atoms with Crippen LogP contribution in [0.1, 0.15) is 65.5 Å². The number of carbonyl (C=O) groups excluding carboxylic acids is 1. The van der Waals surface area contributed by atoms with Gasteiger partial charge in [0.1, 0.15) is 0 Å². The van der Waals surface area contributed by atoms with E-state index in [1.807, 2.05) is 23.1 Å². The van der Waals surface area contributed by atoms with Crippen LogP contribution in [-0.2, 0) is 0 Å². The fourth-order valence-corrected chi connectivity index (χ4v) is 5.35. The van der Waals surface area contributed by atoms with E-state index in [4.69, 9.17) is 0 Å². The van der Waals surface area contributed by atoms with E-state index in [0.29, 0.717) is 0 Å². The van der Waals surface area contributed by atoms with Crippen molar-refractivity contribution in [2.24, 2.45) is 5.92 Å². The number of likely N-dealkylation sites (tertiary alicyclic amines) is 1. The molecule has 2 aromatic carbocycles. The van der Waals surface area contributed by atoms with Crippen LogP contribution in [0.3, 0.4) is 0 Å². The number of nitro benzene ring substituents is 1. The number of fused-ring (bicyclic) bond motifs is 3. The maximum absolute atomic E-state index is 13.1. The van der Waals surface area contributed by atoms with Gasteiger partial charge in [-0.15, -0.1) is 0 Å². The van der Waals surface area contributed by atoms with Gasteiger partial charge in [-0.05, 0) is 54.5 Å². The lowest BCUT2D eigenvalue weighted by Crippen LogP contribution is -2.33. The second-order valence-corrected chi connectivity index (χ2v) is 8.84. The SMILES string of the molecule is O=C(c1ccc2c(c1)[C@H]1C=CC[C@@H]1[C@@H](c1cccc([N+](=O)[O-])c1)N2)N1CCCCCC1. The van der Waals surface area contributed by atoms with Crippen molar-refractivity contribution >= 4 is 17.3 Å². The van der Waals surface area contributed by atoms with E-state index < -0.39 is 0 Å². The second-order valence-electron chi connectivity index (χ2n) is 8.84. The monoisotopic (exact) mass is 417 g/mol. The molecule has 0 bridgehead atoms. The van der Waals surface area contributed by atoms with Gasteiger partial charge in [-0.2, -0.15) is 0 Å². The van der Waals surface area contributed by atoms with Crippen LogP contribution in [0.25, 0.3) is 0 Å². The van der Waals surface area contributed by atoms with Gasteiger partial charge >= 0.3 is 0 Å². The molecule has 6 heteroatoms. The van der Waals surface area contributed by atoms with Crippen molar-refractivity contribution < 1.29 is 9.72 Å². The van der Waals surface area contributed by atoms with Crippen molar-refractivity contribution in [1.82, 2.24) is 4.90 Å². The maximum Gasteiger partial charge on any atom is 0.269 e. The molecule has 1 N–H and O–H groups in total. The molecule has 1 fully saturated rings. The number of nitrogens with zero attached hydrogens (tertiary/aromatic N) is 2. The molecular weight excluding hydrogens is 390 g/mol. The summed E-state index contributed by atoms with van der Waals surface area (Å²) in [7, 11) is 0. The van der Waals surface area contributed by atoms with Crippen molar-refractivity contribution in [3.63, 3.8) is 0 Å². The van der Waals surface area contributed by atoms with Gasteiger partial charge in [-0.3, -0.25) is 14.9 Å². The van der Waals surface area contributed by atoms with E-state index in [1.165, 1.54) is 18.9 Å². The van der Waals surface area contributed by atoms with E-state index in [2.05, 4.69) is 23.5 Å². The van der Waals surface area contributed by atoms with Crippen molar-refractivity contribution in [3.05, 3.63) is 81.4 Å². The summed E-state index contributed by atoms with van der Waals surface area (Å²) >= 11 is 0. The van der Waals surface area contributed by atoms with E-state index in [1.54, 1.807) is 12.1 Å². The zero-order chi connectivity index (χ0) is 21.4. The highest BCUT2D eigenvalue weighted by molar-refractivity contribution is 5.95. The number of anilines is 1. The number of carbonyl (C=O) groups is 1. The number of non-ortho nitro benzene ring substituents is 1. The molecule has 5 rings (SSSR count). The average Bonchev–Trinajstić information content (AvgIpc) is 3.13. The van der Waals surface area contributed by atoms with Crippen molar-refractivity contribution in [3.8, 4) is 0 Å². The van der Waals surface area contributed by atoms with Gasteiger partial charge in [0.25, 0.3) is 11.6 Å². The summed E-state index contributed by atoms with van der Waals surface area (Å²) in [6.45, 7) is 1.68. The molecule has 1 amide bonds. The van der Waals surface area contributed by atoms with E-state index in [-0.39, 0.29) is 34.4 Å². The first-order valence-corrected chi connectivity index (χ1v) is 11.2. The quantitative estimate of drug-likeness (QED) is 0.410. The molecule has 2 aliphatic heterocycles. The molecule has 1 aliphatic carbocycles. The molecule has 2 heterocycles. The first-order chi connectivity index (χ1) is 15.1. The third kappa shape index (κ3) is 3.71. The van der Waals surface area contributed by atoms with Gasteiger partial charge in [-0.1, -0.05) is 37.1 Å². The Hall–Kier alpha value is -3.15. The minimum atomic E-state index is -0.342. The molecule has 1 saturated heterocycles. The predicted octanol–water partition coefficient (Wildman–Crippen LogP) is 5.44. The standard InChI is InChI=1S/C25H27N3O3/c29-25(27-13-3-1-2-4-14-27)18-11-12-23-22(16-18)20-9-6-10-21(20)24(26-23)17-7-5-8-19(15-17)28(30)31/h5-9,11-12,15-16,20-21,24,26H,1-4,10,13-14H2/t20-,21-,24+/m0/s1. The summed E-state index contributed by atoms with van der Waals surface area (Å²) in [6, 6.07) is 12.9. The summed E-state index contributed by atoms with van der Waals surface area (Å²) in [5.41, 5.74) is 3.97. The van der Waals surface area contributed by atoms with E-state index in [0.717, 1.165) is 54.7 Å². The van der Waals surface area contributed by atoms with Crippen LogP contribution < -0.4 is 5.32 Å². The van der Waals surface area contributed by atoms with E-state index in [9.17, 15) is 14.9 Å². The normalized spacial score (nSPS) is 24.6. The molecule has 0 saturated carbocycles. The molecule has 0 spiro atoms. The first-order valence-electron chi connectivity index (χ1n) is 11.2. The van der Waals surface area contributed by atoms with Crippen molar-refractivity contribution in [2.45, 2.75) is 44.1 Å². The fraction of sp³-hybridized carbons (Fsp3) is 0.400. The van der Waals surface area contributed by atoms with Crippen LogP contribution in [0.2, 0.25) is 0 Å². The smallest absolute Gasteiger partial charge is 0.269 e. The number of hydrogen-bond donors (Lipinski definition) is 1. The van der Waals surface area contributed by atoms with Gasteiger partial charge < -0.3 is 10.2 Å². The largest absolute Gasteiger partial charge is 0.378 e. The Labute approximate surface area is 182 Å². The summed E-state index contributed by atoms with van der Waals surface area (Å²) in [6.07, 6.45) is 9.90. The lowest BCUT2D eigenvalue weighted by Gasteiger charge is -2.37. The molecule has 0 unspecified atom stereocenters. The summed E-state index contributed by atoms with van der Waals surface area (Å²) in [5, 5.41) is 14.9. The molecule has 2 aromatic rings. The third-order valence-electron chi connectivity index (χ3n) is 6.94. The average molecular weight is 418 g/mol. The Morgan fingerprint density at radius 2 is 1.87 bits per heavy atom. The van der Waals surface area contributed by atoms with Crippen molar-refractivity contribution in [1.29, 1.82) is 0 Å². The first kappa shape index (κ1) is 19.8. The van der Waals surface area contributed by atoms with Gasteiger partial charge in [-0.25, -0.2) is 0 Å². The highest BCUT2D eigenvalue weighted by Gasteiger charge is 2.38. The molecular formula is C25H27N3O3. The van der Waals surface area contributed by atoms with Crippen LogP contribution in [0.15, 0.2) is 54.6 Å².